The summed E-state index contributed by atoms with van der Waals surface area (Å²) in [4.78, 5) is 12.4. The number of aliphatic hydroxyl groups is 4. The van der Waals surface area contributed by atoms with E-state index in [2.05, 4.69) is 0 Å². The zero-order valence-corrected chi connectivity index (χ0v) is 16.4. The van der Waals surface area contributed by atoms with Gasteiger partial charge in [-0.15, -0.1) is 0 Å². The van der Waals surface area contributed by atoms with E-state index < -0.39 is 60.3 Å². The molecule has 11 heteroatoms. The highest BCUT2D eigenvalue weighted by atomic mass is 16.7. The van der Waals surface area contributed by atoms with Gasteiger partial charge < -0.3 is 50.3 Å². The molecule has 5 atom stereocenters. The lowest BCUT2D eigenvalue weighted by molar-refractivity contribution is -0.277. The molecule has 2 aromatic rings. The number of hydrogen-bond acceptors (Lipinski definition) is 11. The number of aliphatic hydroxyl groups excluding tert-OH is 4. The first-order valence-corrected chi connectivity index (χ1v) is 9.40. The van der Waals surface area contributed by atoms with Crippen molar-refractivity contribution in [1.29, 1.82) is 0 Å². The highest BCUT2D eigenvalue weighted by Gasteiger charge is 2.45. The molecule has 2 aromatic carbocycles. The Morgan fingerprint density at radius 3 is 2.31 bits per heavy atom. The lowest BCUT2D eigenvalue weighted by Crippen LogP contribution is -2.60. The third kappa shape index (κ3) is 4.61. The van der Waals surface area contributed by atoms with Gasteiger partial charge in [-0.25, -0.2) is 0 Å². The zero-order chi connectivity index (χ0) is 23.6. The van der Waals surface area contributed by atoms with Crippen molar-refractivity contribution in [2.45, 2.75) is 30.7 Å². The van der Waals surface area contributed by atoms with Gasteiger partial charge in [-0.1, -0.05) is 12.1 Å². The molecule has 0 unspecified atom stereocenters. The van der Waals surface area contributed by atoms with Gasteiger partial charge in [-0.3, -0.25) is 4.79 Å². The van der Waals surface area contributed by atoms with Crippen molar-refractivity contribution in [3.05, 3.63) is 47.5 Å². The molecule has 0 saturated carbocycles. The maximum absolute atomic E-state index is 12.4. The second-order valence-corrected chi connectivity index (χ2v) is 7.07. The minimum Gasteiger partial charge on any atom is -0.504 e. The summed E-state index contributed by atoms with van der Waals surface area (Å²) in [6, 6.07) is 6.13. The average Bonchev–Trinajstić information content (AvgIpc) is 2.77. The Labute approximate surface area is 181 Å². The minimum absolute atomic E-state index is 0.289. The van der Waals surface area contributed by atoms with Gasteiger partial charge in [0, 0.05) is 0 Å². The second-order valence-electron chi connectivity index (χ2n) is 7.07. The normalized spacial score (nSPS) is 25.7. The Hall–Kier alpha value is -3.35. The SMILES string of the molecule is O=C(/C=C/c1ccc(O)c(O)c1)c1ccc(O[C@@H]2O[C@H](CO)[C@H](O)[C@H](O)[C@H]2O)c(O)c1O. The fourth-order valence-corrected chi connectivity index (χ4v) is 3.05. The maximum atomic E-state index is 12.4. The third-order valence-electron chi connectivity index (χ3n) is 4.90. The van der Waals surface area contributed by atoms with E-state index in [1.54, 1.807) is 0 Å². The first-order valence-electron chi connectivity index (χ1n) is 9.40. The van der Waals surface area contributed by atoms with Crippen LogP contribution in [0.25, 0.3) is 6.08 Å². The molecule has 0 radical (unpaired) electrons. The number of ether oxygens (including phenoxy) is 2. The topological polar surface area (TPSA) is 197 Å². The van der Waals surface area contributed by atoms with E-state index in [0.717, 1.165) is 18.2 Å². The van der Waals surface area contributed by atoms with Crippen LogP contribution in [0, 0.1) is 0 Å². The molecule has 0 bridgehead atoms. The summed E-state index contributed by atoms with van der Waals surface area (Å²) in [5.74, 6) is -3.47. The third-order valence-corrected chi connectivity index (χ3v) is 4.90. The van der Waals surface area contributed by atoms with Crippen molar-refractivity contribution in [1.82, 2.24) is 0 Å². The number of phenolic OH excluding ortho intramolecular Hbond substituents is 4. The highest BCUT2D eigenvalue weighted by molar-refractivity contribution is 6.09. The Bertz CT molecular complexity index is 1020. The second kappa shape index (κ2) is 9.42. The Morgan fingerprint density at radius 1 is 0.938 bits per heavy atom. The predicted molar refractivity (Wildman–Crippen MR) is 107 cm³/mol. The molecule has 0 aromatic heterocycles. The van der Waals surface area contributed by atoms with Gasteiger partial charge in [0.2, 0.25) is 12.0 Å². The maximum Gasteiger partial charge on any atom is 0.229 e. The molecule has 1 aliphatic rings. The smallest absolute Gasteiger partial charge is 0.229 e. The lowest BCUT2D eigenvalue weighted by Gasteiger charge is -2.39. The molecule has 1 aliphatic heterocycles. The van der Waals surface area contributed by atoms with E-state index in [0.29, 0.717) is 5.56 Å². The van der Waals surface area contributed by atoms with E-state index in [-0.39, 0.29) is 17.1 Å². The van der Waals surface area contributed by atoms with Crippen molar-refractivity contribution in [2.75, 3.05) is 6.61 Å². The van der Waals surface area contributed by atoms with Crippen LogP contribution in [0.1, 0.15) is 15.9 Å². The summed E-state index contributed by atoms with van der Waals surface area (Å²) in [6.45, 7) is -0.680. The summed E-state index contributed by atoms with van der Waals surface area (Å²) in [6.07, 6.45) is -5.49. The number of carbonyl (C=O) groups excluding carboxylic acids is 1. The van der Waals surface area contributed by atoms with Crippen LogP contribution in [0.4, 0.5) is 0 Å². The molecule has 3 rings (SSSR count). The number of hydrogen-bond donors (Lipinski definition) is 8. The molecule has 0 aliphatic carbocycles. The molecular formula is C21H22O11. The van der Waals surface area contributed by atoms with Crippen LogP contribution in [0.2, 0.25) is 0 Å². The molecule has 1 saturated heterocycles. The van der Waals surface area contributed by atoms with Crippen molar-refractivity contribution < 1.29 is 55.1 Å². The van der Waals surface area contributed by atoms with Crippen LogP contribution in [-0.2, 0) is 4.74 Å². The van der Waals surface area contributed by atoms with Crippen LogP contribution in [-0.4, -0.2) is 83.9 Å². The lowest BCUT2D eigenvalue weighted by atomic mass is 9.99. The van der Waals surface area contributed by atoms with E-state index in [4.69, 9.17) is 9.47 Å². The van der Waals surface area contributed by atoms with Crippen LogP contribution in [0.5, 0.6) is 28.7 Å². The molecule has 0 spiro atoms. The van der Waals surface area contributed by atoms with Gasteiger partial charge in [-0.2, -0.15) is 0 Å². The minimum atomic E-state index is -1.74. The molecule has 0 amide bonds. The Kier molecular flexibility index (Phi) is 6.87. The fourth-order valence-electron chi connectivity index (χ4n) is 3.05. The first-order chi connectivity index (χ1) is 15.1. The highest BCUT2D eigenvalue weighted by Crippen LogP contribution is 2.40. The van der Waals surface area contributed by atoms with Gasteiger partial charge in [0.05, 0.1) is 12.2 Å². The number of phenols is 4. The molecule has 32 heavy (non-hydrogen) atoms. The van der Waals surface area contributed by atoms with E-state index in [1.165, 1.54) is 24.3 Å². The van der Waals surface area contributed by atoms with Crippen LogP contribution in [0.15, 0.2) is 36.4 Å². The monoisotopic (exact) mass is 450 g/mol. The number of ketones is 1. The van der Waals surface area contributed by atoms with Gasteiger partial charge in [-0.05, 0) is 35.9 Å². The standard InChI is InChI=1S/C21H22O11/c22-8-15-18(28)19(29)20(30)21(32-15)31-14-6-3-10(16(26)17(14)27)11(23)4-1-9-2-5-12(24)13(25)7-9/h1-7,15,18-22,24-30H,8H2/b4-1+/t15-,18+,19+,20-,21-/m1/s1. The predicted octanol–water partition coefficient (Wildman–Crippen LogP) is -0.416. The summed E-state index contributed by atoms with van der Waals surface area (Å²) in [5.41, 5.74) is 0.0998. The van der Waals surface area contributed by atoms with Crippen LogP contribution in [0.3, 0.4) is 0 Å². The molecule has 172 valence electrons. The van der Waals surface area contributed by atoms with Gasteiger partial charge in [0.15, 0.2) is 28.8 Å². The van der Waals surface area contributed by atoms with E-state index in [9.17, 15) is 45.6 Å². The van der Waals surface area contributed by atoms with Crippen molar-refractivity contribution in [2.24, 2.45) is 0 Å². The molecule has 11 nitrogen and oxygen atoms in total. The van der Waals surface area contributed by atoms with E-state index >= 15 is 0 Å². The number of aromatic hydroxyl groups is 4. The number of rotatable bonds is 6. The average molecular weight is 450 g/mol. The number of allylic oxidation sites excluding steroid dienone is 1. The summed E-state index contributed by atoms with van der Waals surface area (Å²) in [7, 11) is 0. The zero-order valence-electron chi connectivity index (χ0n) is 16.4. The summed E-state index contributed by atoms with van der Waals surface area (Å²) in [5, 5.41) is 78.1. The molecular weight excluding hydrogens is 428 g/mol. The van der Waals surface area contributed by atoms with Gasteiger partial charge in [0.1, 0.15) is 24.4 Å². The van der Waals surface area contributed by atoms with Crippen LogP contribution >= 0.6 is 0 Å². The van der Waals surface area contributed by atoms with Crippen LogP contribution < -0.4 is 4.74 Å². The Morgan fingerprint density at radius 2 is 1.66 bits per heavy atom. The molecule has 8 N–H and O–H groups in total. The molecule has 1 heterocycles. The fraction of sp³-hybridized carbons (Fsp3) is 0.286. The Balaban J connectivity index is 1.78. The molecule has 1 fully saturated rings. The largest absolute Gasteiger partial charge is 0.504 e. The van der Waals surface area contributed by atoms with E-state index in [1.807, 2.05) is 0 Å². The summed E-state index contributed by atoms with van der Waals surface area (Å²) >= 11 is 0. The van der Waals surface area contributed by atoms with Crippen molar-refractivity contribution in [3.8, 4) is 28.7 Å². The van der Waals surface area contributed by atoms with Crippen molar-refractivity contribution >= 4 is 11.9 Å². The van der Waals surface area contributed by atoms with Gasteiger partial charge >= 0.3 is 0 Å². The number of carbonyl (C=O) groups is 1. The summed E-state index contributed by atoms with van der Waals surface area (Å²) < 4.78 is 10.4. The van der Waals surface area contributed by atoms with Gasteiger partial charge in [0.25, 0.3) is 0 Å². The number of benzene rings is 2. The quantitative estimate of drug-likeness (QED) is 0.162. The van der Waals surface area contributed by atoms with Crippen molar-refractivity contribution in [3.63, 3.8) is 0 Å². The first kappa shape index (κ1) is 23.3.